The normalized spacial score (nSPS) is 13.2. The highest BCUT2D eigenvalue weighted by Crippen LogP contribution is 2.25. The molecule has 0 spiro atoms. The van der Waals surface area contributed by atoms with Gasteiger partial charge in [0.25, 0.3) is 0 Å². The molecule has 20 heavy (non-hydrogen) atoms. The number of para-hydroxylation sites is 1. The van der Waals surface area contributed by atoms with Gasteiger partial charge in [-0.3, -0.25) is 4.68 Å². The van der Waals surface area contributed by atoms with E-state index in [1.807, 2.05) is 20.2 Å². The number of sulfonamides is 1. The third-order valence-corrected chi connectivity index (χ3v) is 4.51. The molecule has 0 amide bonds. The molecular formula is C13H18N4O2S. The van der Waals surface area contributed by atoms with Crippen molar-refractivity contribution < 1.29 is 8.42 Å². The van der Waals surface area contributed by atoms with Crippen LogP contribution in [-0.2, 0) is 17.1 Å². The quantitative estimate of drug-likeness (QED) is 0.876. The van der Waals surface area contributed by atoms with Crippen molar-refractivity contribution in [1.82, 2.24) is 14.5 Å². The first-order chi connectivity index (χ1) is 9.44. The summed E-state index contributed by atoms with van der Waals surface area (Å²) < 4.78 is 28.0. The van der Waals surface area contributed by atoms with Crippen LogP contribution in [0.4, 0.5) is 5.69 Å². The number of benzene rings is 1. The van der Waals surface area contributed by atoms with Gasteiger partial charge in [-0.2, -0.15) is 5.10 Å². The molecule has 0 aliphatic carbocycles. The molecule has 1 aromatic heterocycles. The predicted octanol–water partition coefficient (Wildman–Crippen LogP) is 1.50. The number of aryl methyl sites for hydroxylation is 1. The number of rotatable bonds is 5. The Morgan fingerprint density at radius 2 is 2.00 bits per heavy atom. The standard InChI is InChI=1S/C13H18N4O2S/c1-10(11-8-15-17(3)9-11)16-12-6-4-5-7-13(12)20(18,19)14-2/h4-10,14,16H,1-3H3. The van der Waals surface area contributed by atoms with Gasteiger partial charge in [-0.05, 0) is 26.1 Å². The third-order valence-electron chi connectivity index (χ3n) is 3.04. The van der Waals surface area contributed by atoms with Crippen LogP contribution in [0.3, 0.4) is 0 Å². The minimum absolute atomic E-state index is 0.0445. The van der Waals surface area contributed by atoms with E-state index in [1.165, 1.54) is 7.05 Å². The molecule has 0 fully saturated rings. The Hall–Kier alpha value is -1.86. The first-order valence-corrected chi connectivity index (χ1v) is 7.70. The third kappa shape index (κ3) is 3.00. The molecule has 1 unspecified atom stereocenters. The first kappa shape index (κ1) is 14.5. The maximum atomic E-state index is 12.0. The SMILES string of the molecule is CNS(=O)(=O)c1ccccc1NC(C)c1cnn(C)c1. The van der Waals surface area contributed by atoms with E-state index in [2.05, 4.69) is 15.1 Å². The van der Waals surface area contributed by atoms with Crippen molar-refractivity contribution >= 4 is 15.7 Å². The van der Waals surface area contributed by atoms with Crippen molar-refractivity contribution in [3.05, 3.63) is 42.2 Å². The van der Waals surface area contributed by atoms with Gasteiger partial charge in [0.1, 0.15) is 4.90 Å². The zero-order valence-electron chi connectivity index (χ0n) is 11.7. The van der Waals surface area contributed by atoms with Crippen LogP contribution in [-0.4, -0.2) is 25.2 Å². The van der Waals surface area contributed by atoms with E-state index in [0.717, 1.165) is 5.56 Å². The number of anilines is 1. The van der Waals surface area contributed by atoms with Crippen molar-refractivity contribution in [2.75, 3.05) is 12.4 Å². The van der Waals surface area contributed by atoms with Crippen molar-refractivity contribution in [3.63, 3.8) is 0 Å². The van der Waals surface area contributed by atoms with Crippen molar-refractivity contribution in [1.29, 1.82) is 0 Å². The molecule has 1 aromatic carbocycles. The Labute approximate surface area is 118 Å². The number of nitrogens with one attached hydrogen (secondary N) is 2. The fourth-order valence-electron chi connectivity index (χ4n) is 1.91. The fraction of sp³-hybridized carbons (Fsp3) is 0.308. The zero-order chi connectivity index (χ0) is 14.8. The van der Waals surface area contributed by atoms with E-state index in [1.54, 1.807) is 35.1 Å². The lowest BCUT2D eigenvalue weighted by atomic mass is 10.2. The summed E-state index contributed by atoms with van der Waals surface area (Å²) >= 11 is 0. The molecule has 2 rings (SSSR count). The second-order valence-electron chi connectivity index (χ2n) is 4.52. The maximum absolute atomic E-state index is 12.0. The van der Waals surface area contributed by atoms with Gasteiger partial charge >= 0.3 is 0 Å². The molecule has 1 atom stereocenters. The molecular weight excluding hydrogens is 276 g/mol. The summed E-state index contributed by atoms with van der Waals surface area (Å²) in [6.45, 7) is 1.96. The molecule has 2 aromatic rings. The molecule has 0 aliphatic rings. The minimum Gasteiger partial charge on any atom is -0.377 e. The van der Waals surface area contributed by atoms with E-state index in [9.17, 15) is 8.42 Å². The topological polar surface area (TPSA) is 76.0 Å². The molecule has 7 heteroatoms. The summed E-state index contributed by atoms with van der Waals surface area (Å²) in [5.41, 5.74) is 1.56. The highest BCUT2D eigenvalue weighted by Gasteiger charge is 2.17. The Morgan fingerprint density at radius 1 is 1.30 bits per heavy atom. The average molecular weight is 294 g/mol. The fourth-order valence-corrected chi connectivity index (χ4v) is 2.80. The van der Waals surface area contributed by atoms with Gasteiger partial charge in [0.2, 0.25) is 10.0 Å². The molecule has 0 aliphatic heterocycles. The van der Waals surface area contributed by atoms with Gasteiger partial charge in [0.05, 0.1) is 17.9 Å². The van der Waals surface area contributed by atoms with Crippen LogP contribution in [0.5, 0.6) is 0 Å². The van der Waals surface area contributed by atoms with Crippen LogP contribution in [0.1, 0.15) is 18.5 Å². The van der Waals surface area contributed by atoms with Crippen LogP contribution in [0.25, 0.3) is 0 Å². The lowest BCUT2D eigenvalue weighted by Crippen LogP contribution is -2.20. The second kappa shape index (κ2) is 5.64. The Kier molecular flexibility index (Phi) is 4.10. The summed E-state index contributed by atoms with van der Waals surface area (Å²) in [5, 5.41) is 7.32. The summed E-state index contributed by atoms with van der Waals surface area (Å²) in [6, 6.07) is 6.77. The van der Waals surface area contributed by atoms with E-state index >= 15 is 0 Å². The van der Waals surface area contributed by atoms with E-state index in [-0.39, 0.29) is 10.9 Å². The molecule has 0 saturated carbocycles. The molecule has 0 saturated heterocycles. The van der Waals surface area contributed by atoms with Crippen LogP contribution in [0.2, 0.25) is 0 Å². The Bertz CT molecular complexity index is 694. The number of nitrogens with zero attached hydrogens (tertiary/aromatic N) is 2. The summed E-state index contributed by atoms with van der Waals surface area (Å²) in [5.74, 6) is 0. The van der Waals surface area contributed by atoms with E-state index in [4.69, 9.17) is 0 Å². The monoisotopic (exact) mass is 294 g/mol. The number of hydrogen-bond donors (Lipinski definition) is 2. The van der Waals surface area contributed by atoms with Crippen molar-refractivity contribution in [3.8, 4) is 0 Å². The molecule has 0 radical (unpaired) electrons. The highest BCUT2D eigenvalue weighted by molar-refractivity contribution is 7.89. The summed E-state index contributed by atoms with van der Waals surface area (Å²) in [6.07, 6.45) is 3.65. The van der Waals surface area contributed by atoms with Gasteiger partial charge in [-0.25, -0.2) is 13.1 Å². The van der Waals surface area contributed by atoms with E-state index in [0.29, 0.717) is 5.69 Å². The maximum Gasteiger partial charge on any atom is 0.242 e. The van der Waals surface area contributed by atoms with Gasteiger partial charge in [-0.1, -0.05) is 12.1 Å². The van der Waals surface area contributed by atoms with Gasteiger partial charge in [0, 0.05) is 18.8 Å². The average Bonchev–Trinajstić information content (AvgIpc) is 2.86. The smallest absolute Gasteiger partial charge is 0.242 e. The summed E-state index contributed by atoms with van der Waals surface area (Å²) in [7, 11) is -0.242. The van der Waals surface area contributed by atoms with Crippen LogP contribution in [0.15, 0.2) is 41.6 Å². The zero-order valence-corrected chi connectivity index (χ0v) is 12.5. The largest absolute Gasteiger partial charge is 0.377 e. The number of aromatic nitrogens is 2. The molecule has 1 heterocycles. The number of hydrogen-bond acceptors (Lipinski definition) is 4. The van der Waals surface area contributed by atoms with Gasteiger partial charge in [-0.15, -0.1) is 0 Å². The van der Waals surface area contributed by atoms with Crippen LogP contribution >= 0.6 is 0 Å². The van der Waals surface area contributed by atoms with Crippen molar-refractivity contribution in [2.24, 2.45) is 7.05 Å². The minimum atomic E-state index is -3.48. The second-order valence-corrected chi connectivity index (χ2v) is 6.37. The summed E-state index contributed by atoms with van der Waals surface area (Å²) in [4.78, 5) is 0.234. The molecule has 108 valence electrons. The first-order valence-electron chi connectivity index (χ1n) is 6.21. The Balaban J connectivity index is 2.30. The lowest BCUT2D eigenvalue weighted by Gasteiger charge is -2.16. The van der Waals surface area contributed by atoms with Crippen LogP contribution < -0.4 is 10.0 Å². The van der Waals surface area contributed by atoms with Crippen LogP contribution in [0, 0.1) is 0 Å². The van der Waals surface area contributed by atoms with Gasteiger partial charge in [0.15, 0.2) is 0 Å². The highest BCUT2D eigenvalue weighted by atomic mass is 32.2. The molecule has 2 N–H and O–H groups in total. The van der Waals surface area contributed by atoms with E-state index < -0.39 is 10.0 Å². The Morgan fingerprint density at radius 3 is 2.60 bits per heavy atom. The van der Waals surface area contributed by atoms with Gasteiger partial charge < -0.3 is 5.32 Å². The lowest BCUT2D eigenvalue weighted by molar-refractivity contribution is 0.588. The molecule has 6 nitrogen and oxygen atoms in total. The predicted molar refractivity (Wildman–Crippen MR) is 77.9 cm³/mol. The molecule has 0 bridgehead atoms. The van der Waals surface area contributed by atoms with Crippen molar-refractivity contribution in [2.45, 2.75) is 17.9 Å².